The quantitative estimate of drug-likeness (QED) is 0.834. The molecule has 1 aromatic carbocycles. The molecule has 0 saturated carbocycles. The van der Waals surface area contributed by atoms with Crippen molar-refractivity contribution < 1.29 is 4.39 Å². The lowest BCUT2D eigenvalue weighted by Gasteiger charge is -2.07. The first kappa shape index (κ1) is 10.1. The van der Waals surface area contributed by atoms with Crippen LogP contribution in [0.25, 0.3) is 0 Å². The summed E-state index contributed by atoms with van der Waals surface area (Å²) in [5.41, 5.74) is 1.06. The van der Waals surface area contributed by atoms with Crippen LogP contribution in [0, 0.1) is 17.1 Å². The van der Waals surface area contributed by atoms with E-state index in [2.05, 4.69) is 10.3 Å². The van der Waals surface area contributed by atoms with E-state index in [1.807, 2.05) is 6.07 Å². The van der Waals surface area contributed by atoms with Crippen molar-refractivity contribution in [1.29, 1.82) is 5.26 Å². The SMILES string of the molecule is N#Cc1ncccc1Nc1ccccc1F. The number of aromatic nitrogens is 1. The minimum atomic E-state index is -0.366. The molecule has 0 aliphatic rings. The molecule has 3 nitrogen and oxygen atoms in total. The summed E-state index contributed by atoms with van der Waals surface area (Å²) in [7, 11) is 0. The van der Waals surface area contributed by atoms with Crippen molar-refractivity contribution in [2.75, 3.05) is 5.32 Å². The molecule has 0 fully saturated rings. The molecule has 4 heteroatoms. The Morgan fingerprint density at radius 2 is 1.88 bits per heavy atom. The summed E-state index contributed by atoms with van der Waals surface area (Å²) in [5, 5.41) is 11.7. The second-order valence-corrected chi connectivity index (χ2v) is 3.12. The lowest BCUT2D eigenvalue weighted by Crippen LogP contribution is -1.97. The standard InChI is InChI=1S/C12H8FN3/c13-9-4-1-2-5-10(9)16-11-6-3-7-15-12(11)8-14/h1-7,16H. The number of nitrogens with one attached hydrogen (secondary N) is 1. The largest absolute Gasteiger partial charge is 0.351 e. The van der Waals surface area contributed by atoms with Gasteiger partial charge in [0, 0.05) is 6.20 Å². The molecule has 1 heterocycles. The van der Waals surface area contributed by atoms with Gasteiger partial charge in [0.1, 0.15) is 11.9 Å². The highest BCUT2D eigenvalue weighted by Gasteiger charge is 2.05. The van der Waals surface area contributed by atoms with Gasteiger partial charge < -0.3 is 5.32 Å². The van der Waals surface area contributed by atoms with Crippen LogP contribution >= 0.6 is 0 Å². The van der Waals surface area contributed by atoms with Crippen molar-refractivity contribution in [2.24, 2.45) is 0 Å². The number of anilines is 2. The van der Waals surface area contributed by atoms with E-state index in [0.29, 0.717) is 11.4 Å². The zero-order valence-electron chi connectivity index (χ0n) is 8.31. The minimum absolute atomic E-state index is 0.241. The fraction of sp³-hybridized carbons (Fsp3) is 0. The van der Waals surface area contributed by atoms with Crippen LogP contribution in [-0.4, -0.2) is 4.98 Å². The summed E-state index contributed by atoms with van der Waals surface area (Å²) in [5.74, 6) is -0.366. The second-order valence-electron chi connectivity index (χ2n) is 3.12. The molecule has 0 aliphatic heterocycles. The van der Waals surface area contributed by atoms with Gasteiger partial charge in [-0.15, -0.1) is 0 Å². The summed E-state index contributed by atoms with van der Waals surface area (Å²) >= 11 is 0. The second kappa shape index (κ2) is 4.41. The molecule has 1 aromatic heterocycles. The summed E-state index contributed by atoms with van der Waals surface area (Å²) < 4.78 is 13.3. The smallest absolute Gasteiger partial charge is 0.163 e. The summed E-state index contributed by atoms with van der Waals surface area (Å²) in [4.78, 5) is 3.88. The molecule has 2 aromatic rings. The van der Waals surface area contributed by atoms with Gasteiger partial charge >= 0.3 is 0 Å². The van der Waals surface area contributed by atoms with Gasteiger partial charge in [-0.2, -0.15) is 5.26 Å². The monoisotopic (exact) mass is 213 g/mol. The molecular formula is C12H8FN3. The van der Waals surface area contributed by atoms with Crippen LogP contribution in [-0.2, 0) is 0 Å². The Morgan fingerprint density at radius 3 is 2.62 bits per heavy atom. The number of hydrogen-bond acceptors (Lipinski definition) is 3. The topological polar surface area (TPSA) is 48.7 Å². The first-order valence-corrected chi connectivity index (χ1v) is 4.68. The molecule has 0 amide bonds. The molecular weight excluding hydrogens is 205 g/mol. The molecule has 0 atom stereocenters. The summed E-state index contributed by atoms with van der Waals surface area (Å²) in [6.45, 7) is 0. The van der Waals surface area contributed by atoms with Gasteiger partial charge in [-0.1, -0.05) is 12.1 Å². The van der Waals surface area contributed by atoms with Gasteiger partial charge in [-0.25, -0.2) is 9.37 Å². The van der Waals surface area contributed by atoms with Gasteiger partial charge in [-0.05, 0) is 24.3 Å². The number of pyridine rings is 1. The Labute approximate surface area is 92.2 Å². The van der Waals surface area contributed by atoms with Crippen LogP contribution in [0.5, 0.6) is 0 Å². The van der Waals surface area contributed by atoms with E-state index in [9.17, 15) is 4.39 Å². The van der Waals surface area contributed by atoms with E-state index in [1.165, 1.54) is 12.3 Å². The number of para-hydroxylation sites is 1. The fourth-order valence-corrected chi connectivity index (χ4v) is 1.30. The van der Waals surface area contributed by atoms with Crippen LogP contribution in [0.3, 0.4) is 0 Å². The highest BCUT2D eigenvalue weighted by molar-refractivity contribution is 5.64. The van der Waals surface area contributed by atoms with Crippen LogP contribution in [0.4, 0.5) is 15.8 Å². The molecule has 0 unspecified atom stereocenters. The molecule has 0 saturated heterocycles. The number of halogens is 1. The lowest BCUT2D eigenvalue weighted by atomic mass is 10.2. The highest BCUT2D eigenvalue weighted by Crippen LogP contribution is 2.20. The van der Waals surface area contributed by atoms with E-state index in [-0.39, 0.29) is 11.5 Å². The van der Waals surface area contributed by atoms with Gasteiger partial charge in [0.05, 0.1) is 11.4 Å². The van der Waals surface area contributed by atoms with Gasteiger partial charge in [0.2, 0.25) is 0 Å². The third-order valence-electron chi connectivity index (χ3n) is 2.06. The van der Waals surface area contributed by atoms with E-state index in [4.69, 9.17) is 5.26 Å². The molecule has 1 N–H and O–H groups in total. The first-order chi connectivity index (χ1) is 7.81. The average Bonchev–Trinajstić information content (AvgIpc) is 2.33. The maximum atomic E-state index is 13.3. The molecule has 16 heavy (non-hydrogen) atoms. The number of nitriles is 1. The van der Waals surface area contributed by atoms with Crippen molar-refractivity contribution in [3.63, 3.8) is 0 Å². The van der Waals surface area contributed by atoms with Gasteiger partial charge in [-0.3, -0.25) is 0 Å². The predicted molar refractivity (Wildman–Crippen MR) is 58.6 cm³/mol. The number of nitrogens with zero attached hydrogens (tertiary/aromatic N) is 2. The molecule has 0 radical (unpaired) electrons. The maximum Gasteiger partial charge on any atom is 0.163 e. The number of benzene rings is 1. The highest BCUT2D eigenvalue weighted by atomic mass is 19.1. The van der Waals surface area contributed by atoms with Crippen LogP contribution in [0.1, 0.15) is 5.69 Å². The van der Waals surface area contributed by atoms with Crippen molar-refractivity contribution in [3.05, 3.63) is 54.1 Å². The molecule has 0 spiro atoms. The number of rotatable bonds is 2. The first-order valence-electron chi connectivity index (χ1n) is 4.68. The molecule has 78 valence electrons. The van der Waals surface area contributed by atoms with E-state index in [1.54, 1.807) is 30.3 Å². The zero-order chi connectivity index (χ0) is 11.4. The van der Waals surface area contributed by atoms with Crippen molar-refractivity contribution >= 4 is 11.4 Å². The maximum absolute atomic E-state index is 13.3. The van der Waals surface area contributed by atoms with Crippen LogP contribution in [0.2, 0.25) is 0 Å². The average molecular weight is 213 g/mol. The third kappa shape index (κ3) is 1.98. The van der Waals surface area contributed by atoms with Crippen molar-refractivity contribution in [3.8, 4) is 6.07 Å². The van der Waals surface area contributed by atoms with E-state index < -0.39 is 0 Å². The molecule has 0 aliphatic carbocycles. The molecule has 0 bridgehead atoms. The normalized spacial score (nSPS) is 9.50. The Hall–Kier alpha value is -2.41. The summed E-state index contributed by atoms with van der Waals surface area (Å²) in [6.07, 6.45) is 1.52. The Bertz CT molecular complexity index is 546. The number of hydrogen-bond donors (Lipinski definition) is 1. The fourth-order valence-electron chi connectivity index (χ4n) is 1.30. The van der Waals surface area contributed by atoms with Crippen LogP contribution < -0.4 is 5.32 Å². The van der Waals surface area contributed by atoms with E-state index >= 15 is 0 Å². The lowest BCUT2D eigenvalue weighted by molar-refractivity contribution is 0.632. The Balaban J connectivity index is 2.35. The predicted octanol–water partition coefficient (Wildman–Crippen LogP) is 2.84. The van der Waals surface area contributed by atoms with Crippen molar-refractivity contribution in [2.45, 2.75) is 0 Å². The summed E-state index contributed by atoms with van der Waals surface area (Å²) in [6, 6.07) is 11.6. The van der Waals surface area contributed by atoms with Crippen LogP contribution in [0.15, 0.2) is 42.6 Å². The molecule has 2 rings (SSSR count). The third-order valence-corrected chi connectivity index (χ3v) is 2.06. The Morgan fingerprint density at radius 1 is 1.12 bits per heavy atom. The van der Waals surface area contributed by atoms with E-state index in [0.717, 1.165) is 0 Å². The zero-order valence-corrected chi connectivity index (χ0v) is 8.31. The van der Waals surface area contributed by atoms with Gasteiger partial charge in [0.15, 0.2) is 5.69 Å². The minimum Gasteiger partial charge on any atom is -0.351 e. The Kier molecular flexibility index (Phi) is 2.79. The van der Waals surface area contributed by atoms with Crippen molar-refractivity contribution in [1.82, 2.24) is 4.98 Å². The van der Waals surface area contributed by atoms with Gasteiger partial charge in [0.25, 0.3) is 0 Å².